The second kappa shape index (κ2) is 5.75. The highest BCUT2D eigenvalue weighted by Crippen LogP contribution is 2.49. The van der Waals surface area contributed by atoms with Crippen molar-refractivity contribution < 1.29 is 9.53 Å². The fourth-order valence-corrected chi connectivity index (χ4v) is 2.09. The third-order valence-corrected chi connectivity index (χ3v) is 3.79. The molecule has 0 spiro atoms. The van der Waals surface area contributed by atoms with Crippen LogP contribution in [0.4, 0.5) is 0 Å². The van der Waals surface area contributed by atoms with Crippen molar-refractivity contribution in [1.29, 1.82) is 0 Å². The average Bonchev–Trinajstić information content (AvgIpc) is 3.00. The standard InChI is InChI=1S/C11H21NO2S/c1-3-12(6-7-14-2)10(13)8-11(9-15)4-5-11/h15H,3-9H2,1-2H3. The Labute approximate surface area is 97.6 Å². The number of thiol groups is 1. The van der Waals surface area contributed by atoms with Gasteiger partial charge in [0.2, 0.25) is 5.91 Å². The van der Waals surface area contributed by atoms with Gasteiger partial charge in [-0.15, -0.1) is 0 Å². The van der Waals surface area contributed by atoms with Crippen LogP contribution >= 0.6 is 12.6 Å². The summed E-state index contributed by atoms with van der Waals surface area (Å²) in [4.78, 5) is 13.8. The largest absolute Gasteiger partial charge is 0.383 e. The van der Waals surface area contributed by atoms with Crippen LogP contribution in [0.3, 0.4) is 0 Å². The summed E-state index contributed by atoms with van der Waals surface area (Å²) in [6, 6.07) is 0. The molecule has 0 aromatic rings. The summed E-state index contributed by atoms with van der Waals surface area (Å²) in [6.45, 7) is 4.10. The van der Waals surface area contributed by atoms with Gasteiger partial charge in [0.1, 0.15) is 0 Å². The Hall–Kier alpha value is -0.220. The summed E-state index contributed by atoms with van der Waals surface area (Å²) in [5.74, 6) is 1.08. The summed E-state index contributed by atoms with van der Waals surface area (Å²) in [5, 5.41) is 0. The molecule has 0 N–H and O–H groups in total. The normalized spacial score (nSPS) is 17.5. The van der Waals surface area contributed by atoms with Crippen LogP contribution in [0, 0.1) is 5.41 Å². The van der Waals surface area contributed by atoms with Crippen molar-refractivity contribution in [2.45, 2.75) is 26.2 Å². The molecule has 15 heavy (non-hydrogen) atoms. The van der Waals surface area contributed by atoms with Gasteiger partial charge >= 0.3 is 0 Å². The number of likely N-dealkylation sites (N-methyl/N-ethyl adjacent to an activating group) is 1. The Bertz CT molecular complexity index is 217. The lowest BCUT2D eigenvalue weighted by Crippen LogP contribution is -2.35. The molecule has 4 heteroatoms. The first kappa shape index (κ1) is 12.8. The number of ether oxygens (including phenoxy) is 1. The van der Waals surface area contributed by atoms with E-state index < -0.39 is 0 Å². The first-order valence-electron chi connectivity index (χ1n) is 5.55. The summed E-state index contributed by atoms with van der Waals surface area (Å²) in [7, 11) is 1.66. The number of nitrogens with zero attached hydrogens (tertiary/aromatic N) is 1. The topological polar surface area (TPSA) is 29.5 Å². The number of carbonyl (C=O) groups is 1. The SMILES string of the molecule is CCN(CCOC)C(=O)CC1(CS)CC1. The van der Waals surface area contributed by atoms with E-state index in [1.165, 1.54) is 0 Å². The molecule has 1 aliphatic rings. The lowest BCUT2D eigenvalue weighted by Gasteiger charge is -2.22. The van der Waals surface area contributed by atoms with Crippen LogP contribution in [0.5, 0.6) is 0 Å². The van der Waals surface area contributed by atoms with E-state index in [0.717, 1.165) is 25.1 Å². The van der Waals surface area contributed by atoms with Gasteiger partial charge in [0.15, 0.2) is 0 Å². The van der Waals surface area contributed by atoms with Crippen LogP contribution in [0.2, 0.25) is 0 Å². The van der Waals surface area contributed by atoms with E-state index in [4.69, 9.17) is 4.74 Å². The Kier molecular flexibility index (Phi) is 4.93. The first-order chi connectivity index (χ1) is 7.17. The molecule has 0 radical (unpaired) electrons. The van der Waals surface area contributed by atoms with Crippen LogP contribution < -0.4 is 0 Å². The quantitative estimate of drug-likeness (QED) is 0.674. The number of hydrogen-bond donors (Lipinski definition) is 1. The molecule has 0 heterocycles. The highest BCUT2D eigenvalue weighted by molar-refractivity contribution is 7.80. The lowest BCUT2D eigenvalue weighted by atomic mass is 10.0. The minimum Gasteiger partial charge on any atom is -0.383 e. The first-order valence-corrected chi connectivity index (χ1v) is 6.18. The molecule has 0 saturated heterocycles. The van der Waals surface area contributed by atoms with Gasteiger partial charge in [-0.2, -0.15) is 12.6 Å². The maximum atomic E-state index is 11.9. The van der Waals surface area contributed by atoms with E-state index in [9.17, 15) is 4.79 Å². The summed E-state index contributed by atoms with van der Waals surface area (Å²) >= 11 is 4.31. The molecule has 1 amide bonds. The fourth-order valence-electron chi connectivity index (χ4n) is 1.66. The maximum absolute atomic E-state index is 11.9. The smallest absolute Gasteiger partial charge is 0.223 e. The van der Waals surface area contributed by atoms with E-state index in [2.05, 4.69) is 12.6 Å². The summed E-state index contributed by atoms with van der Waals surface area (Å²) in [6.07, 6.45) is 2.97. The van der Waals surface area contributed by atoms with E-state index in [-0.39, 0.29) is 11.3 Å². The Morgan fingerprint density at radius 3 is 2.60 bits per heavy atom. The van der Waals surface area contributed by atoms with Gasteiger partial charge < -0.3 is 9.64 Å². The average molecular weight is 231 g/mol. The van der Waals surface area contributed by atoms with Crippen molar-refractivity contribution in [1.82, 2.24) is 4.90 Å². The Balaban J connectivity index is 2.36. The lowest BCUT2D eigenvalue weighted by molar-refractivity contribution is -0.132. The van der Waals surface area contributed by atoms with E-state index >= 15 is 0 Å². The van der Waals surface area contributed by atoms with Gasteiger partial charge in [-0.05, 0) is 30.9 Å². The summed E-state index contributed by atoms with van der Waals surface area (Å²) < 4.78 is 4.99. The van der Waals surface area contributed by atoms with E-state index in [1.807, 2.05) is 11.8 Å². The van der Waals surface area contributed by atoms with Crippen molar-refractivity contribution in [2.24, 2.45) is 5.41 Å². The number of carbonyl (C=O) groups excluding carboxylic acids is 1. The minimum absolute atomic E-state index is 0.223. The third-order valence-electron chi connectivity index (χ3n) is 3.12. The predicted molar refractivity (Wildman–Crippen MR) is 64.3 cm³/mol. The second-order valence-electron chi connectivity index (χ2n) is 4.30. The molecule has 0 aromatic heterocycles. The number of methoxy groups -OCH3 is 1. The predicted octanol–water partition coefficient (Wildman–Crippen LogP) is 1.58. The zero-order valence-electron chi connectivity index (χ0n) is 9.66. The molecule has 1 aliphatic carbocycles. The molecule has 0 unspecified atom stereocenters. The van der Waals surface area contributed by atoms with E-state index in [1.54, 1.807) is 7.11 Å². The third kappa shape index (κ3) is 3.68. The summed E-state index contributed by atoms with van der Waals surface area (Å²) in [5.41, 5.74) is 0.223. The fraction of sp³-hybridized carbons (Fsp3) is 0.909. The maximum Gasteiger partial charge on any atom is 0.223 e. The Morgan fingerprint density at radius 1 is 1.53 bits per heavy atom. The molecule has 88 valence electrons. The van der Waals surface area contributed by atoms with Crippen molar-refractivity contribution in [3.05, 3.63) is 0 Å². The van der Waals surface area contributed by atoms with Crippen molar-refractivity contribution in [3.63, 3.8) is 0 Å². The number of hydrogen-bond acceptors (Lipinski definition) is 3. The van der Waals surface area contributed by atoms with Crippen molar-refractivity contribution in [2.75, 3.05) is 32.6 Å². The molecule has 0 atom stereocenters. The van der Waals surface area contributed by atoms with Crippen LogP contribution in [0.15, 0.2) is 0 Å². The number of rotatable bonds is 7. The van der Waals surface area contributed by atoms with Gasteiger partial charge in [0, 0.05) is 26.6 Å². The van der Waals surface area contributed by atoms with E-state index in [0.29, 0.717) is 19.6 Å². The highest BCUT2D eigenvalue weighted by atomic mass is 32.1. The Morgan fingerprint density at radius 2 is 2.20 bits per heavy atom. The monoisotopic (exact) mass is 231 g/mol. The molecule has 0 aliphatic heterocycles. The highest BCUT2D eigenvalue weighted by Gasteiger charge is 2.43. The van der Waals surface area contributed by atoms with Gasteiger partial charge in [-0.3, -0.25) is 4.79 Å². The van der Waals surface area contributed by atoms with Gasteiger partial charge in [0.05, 0.1) is 6.61 Å². The molecule has 1 saturated carbocycles. The molecule has 1 rings (SSSR count). The van der Waals surface area contributed by atoms with Gasteiger partial charge in [-0.1, -0.05) is 0 Å². The molecular weight excluding hydrogens is 210 g/mol. The minimum atomic E-state index is 0.223. The van der Waals surface area contributed by atoms with Crippen LogP contribution in [-0.2, 0) is 9.53 Å². The van der Waals surface area contributed by atoms with Crippen LogP contribution in [-0.4, -0.2) is 43.4 Å². The number of amides is 1. The zero-order chi connectivity index (χ0) is 11.3. The zero-order valence-corrected chi connectivity index (χ0v) is 10.6. The second-order valence-corrected chi connectivity index (χ2v) is 4.62. The molecule has 1 fully saturated rings. The molecule has 0 aromatic carbocycles. The molecular formula is C11H21NO2S. The van der Waals surface area contributed by atoms with Gasteiger partial charge in [0.25, 0.3) is 0 Å². The van der Waals surface area contributed by atoms with Gasteiger partial charge in [-0.25, -0.2) is 0 Å². The van der Waals surface area contributed by atoms with Crippen molar-refractivity contribution >= 4 is 18.5 Å². The molecule has 0 bridgehead atoms. The van der Waals surface area contributed by atoms with Crippen LogP contribution in [0.25, 0.3) is 0 Å². The van der Waals surface area contributed by atoms with Crippen LogP contribution in [0.1, 0.15) is 26.2 Å². The molecule has 3 nitrogen and oxygen atoms in total. The van der Waals surface area contributed by atoms with Crippen molar-refractivity contribution in [3.8, 4) is 0 Å².